The van der Waals surface area contributed by atoms with Crippen LogP contribution in [0, 0.1) is 6.92 Å². The van der Waals surface area contributed by atoms with Crippen LogP contribution in [0.15, 0.2) is 97.2 Å². The Bertz CT molecular complexity index is 2010. The molecule has 3 aliphatic rings. The van der Waals surface area contributed by atoms with Crippen molar-refractivity contribution in [3.05, 3.63) is 136 Å². The summed E-state index contributed by atoms with van der Waals surface area (Å²) in [6, 6.07) is 29.8. The molecular weight excluding hydrogens is 518 g/mol. The van der Waals surface area contributed by atoms with Crippen LogP contribution in [0.2, 0.25) is 0 Å². The normalized spacial score (nSPS) is 17.4. The molecule has 4 aromatic carbocycles. The molecule has 0 spiro atoms. The van der Waals surface area contributed by atoms with Gasteiger partial charge in [0.25, 0.3) is 0 Å². The number of aromatic nitrogens is 1. The lowest BCUT2D eigenvalue weighted by Crippen LogP contribution is -2.34. The Kier molecular flexibility index (Phi) is 6.83. The zero-order valence-corrected chi connectivity index (χ0v) is 25.2. The molecule has 0 bridgehead atoms. The minimum absolute atomic E-state index is 0.710. The molecule has 1 aromatic heterocycles. The number of aryl methyl sites for hydroxylation is 1. The van der Waals surface area contributed by atoms with Gasteiger partial charge in [-0.2, -0.15) is 0 Å². The molecule has 1 saturated carbocycles. The molecule has 1 nitrogen and oxygen atoms in total. The summed E-state index contributed by atoms with van der Waals surface area (Å²) in [6.45, 7) is 2.12. The average molecular weight is 558 g/mol. The maximum atomic E-state index is 4.55. The van der Waals surface area contributed by atoms with Gasteiger partial charge < -0.3 is 0 Å². The summed E-state index contributed by atoms with van der Waals surface area (Å²) in [4.78, 5) is 4.55. The molecule has 0 radical (unpaired) electrons. The molecule has 43 heavy (non-hydrogen) atoms. The second-order valence-electron chi connectivity index (χ2n) is 12.7. The minimum Gasteiger partial charge on any atom is -0.261 e. The summed E-state index contributed by atoms with van der Waals surface area (Å²) in [5, 5.41) is 8.52. The lowest BCUT2D eigenvalue weighted by molar-refractivity contribution is 0.442. The van der Waals surface area contributed by atoms with Crippen molar-refractivity contribution in [2.45, 2.75) is 70.6 Å². The summed E-state index contributed by atoms with van der Waals surface area (Å²) in [7, 11) is 0. The first kappa shape index (κ1) is 26.4. The Morgan fingerprint density at radius 1 is 0.628 bits per heavy atom. The van der Waals surface area contributed by atoms with E-state index in [1.165, 1.54) is 97.5 Å². The Balaban J connectivity index is 1.37. The number of rotatable bonds is 4. The molecule has 212 valence electrons. The van der Waals surface area contributed by atoms with Crippen LogP contribution in [0.3, 0.4) is 0 Å². The SMILES string of the molecule is Cc1ncccc1C1=CC=C(c2c3ccccc3c(C3=c4cccc(C5CCCCC5)c4=CCC3)c3ccccc23)CC1. The van der Waals surface area contributed by atoms with Crippen LogP contribution in [0.4, 0.5) is 0 Å². The molecule has 0 amide bonds. The van der Waals surface area contributed by atoms with E-state index in [-0.39, 0.29) is 0 Å². The number of allylic oxidation sites excluding steroid dienone is 4. The number of benzene rings is 4. The third-order valence-corrected chi connectivity index (χ3v) is 10.3. The predicted molar refractivity (Wildman–Crippen MR) is 183 cm³/mol. The van der Waals surface area contributed by atoms with Crippen LogP contribution in [0.25, 0.3) is 44.3 Å². The molecule has 0 N–H and O–H groups in total. The Labute approximate surface area is 255 Å². The molecule has 1 heteroatoms. The number of hydrogen-bond donors (Lipinski definition) is 0. The van der Waals surface area contributed by atoms with Crippen LogP contribution < -0.4 is 10.4 Å². The fraction of sp³-hybridized carbons (Fsp3) is 0.262. The van der Waals surface area contributed by atoms with Crippen LogP contribution in [0.1, 0.15) is 91.7 Å². The lowest BCUT2D eigenvalue weighted by atomic mass is 9.79. The van der Waals surface area contributed by atoms with Crippen LogP contribution in [-0.4, -0.2) is 4.98 Å². The predicted octanol–water partition coefficient (Wildman–Crippen LogP) is 9.78. The third kappa shape index (κ3) is 4.58. The minimum atomic E-state index is 0.710. The summed E-state index contributed by atoms with van der Waals surface area (Å²) < 4.78 is 0. The number of fused-ring (bicyclic) bond motifs is 3. The van der Waals surface area contributed by atoms with Crippen LogP contribution in [-0.2, 0) is 0 Å². The fourth-order valence-electron chi connectivity index (χ4n) is 8.29. The van der Waals surface area contributed by atoms with Crippen molar-refractivity contribution in [2.75, 3.05) is 0 Å². The molecule has 8 rings (SSSR count). The van der Waals surface area contributed by atoms with Gasteiger partial charge in [-0.05, 0) is 128 Å². The first-order valence-corrected chi connectivity index (χ1v) is 16.4. The largest absolute Gasteiger partial charge is 0.261 e. The van der Waals surface area contributed by atoms with Gasteiger partial charge in [-0.25, -0.2) is 0 Å². The quantitative estimate of drug-likeness (QED) is 0.200. The van der Waals surface area contributed by atoms with Crippen molar-refractivity contribution in [1.29, 1.82) is 0 Å². The van der Waals surface area contributed by atoms with Crippen molar-refractivity contribution < 1.29 is 0 Å². The van der Waals surface area contributed by atoms with E-state index in [0.717, 1.165) is 31.4 Å². The monoisotopic (exact) mass is 557 g/mol. The summed E-state index contributed by atoms with van der Waals surface area (Å²) in [5.41, 5.74) is 11.2. The number of hydrogen-bond acceptors (Lipinski definition) is 1. The van der Waals surface area contributed by atoms with Gasteiger partial charge >= 0.3 is 0 Å². The van der Waals surface area contributed by atoms with Gasteiger partial charge in [0.2, 0.25) is 0 Å². The molecule has 0 aliphatic heterocycles. The Morgan fingerprint density at radius 2 is 1.30 bits per heavy atom. The van der Waals surface area contributed by atoms with E-state index in [1.54, 1.807) is 5.56 Å². The maximum Gasteiger partial charge on any atom is 0.0447 e. The zero-order valence-electron chi connectivity index (χ0n) is 25.2. The van der Waals surface area contributed by atoms with Crippen LogP contribution in [0.5, 0.6) is 0 Å². The smallest absolute Gasteiger partial charge is 0.0447 e. The molecule has 0 unspecified atom stereocenters. The van der Waals surface area contributed by atoms with E-state index in [4.69, 9.17) is 0 Å². The zero-order chi connectivity index (χ0) is 28.8. The van der Waals surface area contributed by atoms with E-state index >= 15 is 0 Å². The molecule has 1 fully saturated rings. The molecule has 1 heterocycles. The van der Waals surface area contributed by atoms with E-state index in [9.17, 15) is 0 Å². The lowest BCUT2D eigenvalue weighted by Gasteiger charge is -2.25. The standard InChI is InChI=1S/C42H39N/c1-28-32(22-11-27-43-28)30-23-25-31(26-24-30)41-37-14-5-7-16-39(37)42(40-17-8-6-15-38(40)41)36-21-10-19-34-33(18-9-20-35(34)36)29-12-3-2-4-13-29/h5-9,11,14-20,22-23,25,27,29H,2-4,10,12-13,21,24,26H2,1H3. The first-order chi connectivity index (χ1) is 21.3. The van der Waals surface area contributed by atoms with Gasteiger partial charge in [0.1, 0.15) is 0 Å². The van der Waals surface area contributed by atoms with Crippen molar-refractivity contribution >= 4 is 44.3 Å². The highest BCUT2D eigenvalue weighted by molar-refractivity contribution is 6.16. The molecule has 5 aromatic rings. The van der Waals surface area contributed by atoms with Gasteiger partial charge in [0.15, 0.2) is 0 Å². The van der Waals surface area contributed by atoms with Gasteiger partial charge in [0.05, 0.1) is 0 Å². The Hall–Kier alpha value is -4.23. The van der Waals surface area contributed by atoms with Gasteiger partial charge in [-0.1, -0.05) is 110 Å². The highest BCUT2D eigenvalue weighted by Gasteiger charge is 2.23. The van der Waals surface area contributed by atoms with Gasteiger partial charge in [0, 0.05) is 11.9 Å². The fourth-order valence-corrected chi connectivity index (χ4v) is 8.29. The summed E-state index contributed by atoms with van der Waals surface area (Å²) >= 11 is 0. The molecular formula is C42H39N. The van der Waals surface area contributed by atoms with E-state index in [1.807, 2.05) is 6.20 Å². The molecule has 0 saturated heterocycles. The third-order valence-electron chi connectivity index (χ3n) is 10.3. The molecule has 3 aliphatic carbocycles. The summed E-state index contributed by atoms with van der Waals surface area (Å²) in [6.07, 6.45) is 20.2. The highest BCUT2D eigenvalue weighted by atomic mass is 14.7. The summed E-state index contributed by atoms with van der Waals surface area (Å²) in [5.74, 6) is 0.710. The average Bonchev–Trinajstić information content (AvgIpc) is 3.07. The Morgan fingerprint density at radius 3 is 1.98 bits per heavy atom. The maximum absolute atomic E-state index is 4.55. The second-order valence-corrected chi connectivity index (χ2v) is 12.7. The first-order valence-electron chi connectivity index (χ1n) is 16.4. The van der Waals surface area contributed by atoms with Crippen molar-refractivity contribution in [3.63, 3.8) is 0 Å². The number of nitrogens with zero attached hydrogens (tertiary/aromatic N) is 1. The van der Waals surface area contributed by atoms with E-state index in [2.05, 4.69) is 109 Å². The second kappa shape index (κ2) is 11.1. The van der Waals surface area contributed by atoms with Crippen molar-refractivity contribution in [2.24, 2.45) is 0 Å². The highest BCUT2D eigenvalue weighted by Crippen LogP contribution is 2.43. The number of pyridine rings is 1. The van der Waals surface area contributed by atoms with E-state index < -0.39 is 0 Å². The van der Waals surface area contributed by atoms with Gasteiger partial charge in [-0.3, -0.25) is 4.98 Å². The molecule has 0 atom stereocenters. The topological polar surface area (TPSA) is 12.9 Å². The van der Waals surface area contributed by atoms with Crippen molar-refractivity contribution in [3.8, 4) is 0 Å². The van der Waals surface area contributed by atoms with E-state index in [0.29, 0.717) is 5.92 Å². The van der Waals surface area contributed by atoms with Crippen molar-refractivity contribution in [1.82, 2.24) is 4.98 Å². The van der Waals surface area contributed by atoms with Crippen LogP contribution >= 0.6 is 0 Å². The van der Waals surface area contributed by atoms with Gasteiger partial charge in [-0.15, -0.1) is 0 Å².